The first-order valence-corrected chi connectivity index (χ1v) is 6.68. The highest BCUT2D eigenvalue weighted by Gasteiger charge is 2.10. The van der Waals surface area contributed by atoms with E-state index in [1.165, 1.54) is 9.88 Å². The second-order valence-electron chi connectivity index (χ2n) is 3.58. The van der Waals surface area contributed by atoms with Crippen molar-refractivity contribution in [3.63, 3.8) is 0 Å². The molecule has 2 heterocycles. The monoisotopic (exact) mass is 244 g/mol. The summed E-state index contributed by atoms with van der Waals surface area (Å²) in [5.74, 6) is 0.801. The molecule has 1 aliphatic heterocycles. The van der Waals surface area contributed by atoms with E-state index in [-0.39, 0.29) is 0 Å². The first-order chi connectivity index (χ1) is 7.38. The van der Waals surface area contributed by atoms with E-state index < -0.39 is 0 Å². The normalized spacial score (nSPS) is 18.2. The van der Waals surface area contributed by atoms with Crippen LogP contribution in [-0.2, 0) is 16.9 Å². The van der Waals surface area contributed by atoms with Crippen molar-refractivity contribution in [1.29, 1.82) is 0 Å². The van der Waals surface area contributed by atoms with Gasteiger partial charge in [-0.25, -0.2) is 4.98 Å². The van der Waals surface area contributed by atoms with E-state index in [0.29, 0.717) is 0 Å². The van der Waals surface area contributed by atoms with Crippen molar-refractivity contribution in [3.8, 4) is 0 Å². The molecule has 2 rings (SSSR count). The fourth-order valence-corrected chi connectivity index (χ4v) is 2.66. The van der Waals surface area contributed by atoms with E-state index in [1.54, 1.807) is 11.3 Å². The van der Waals surface area contributed by atoms with Crippen LogP contribution in [0.25, 0.3) is 0 Å². The molecule has 1 saturated heterocycles. The van der Waals surface area contributed by atoms with Crippen LogP contribution in [0.3, 0.4) is 0 Å². The molecular formula is C10H16N2OS2. The Hall–Kier alpha value is -0.100. The van der Waals surface area contributed by atoms with Crippen molar-refractivity contribution in [1.82, 2.24) is 9.88 Å². The Labute approximate surface area is 99.9 Å². The van der Waals surface area contributed by atoms with Crippen molar-refractivity contribution < 1.29 is 4.74 Å². The van der Waals surface area contributed by atoms with Gasteiger partial charge >= 0.3 is 0 Å². The van der Waals surface area contributed by atoms with Crippen LogP contribution in [0, 0.1) is 0 Å². The van der Waals surface area contributed by atoms with Crippen LogP contribution in [0.15, 0.2) is 6.20 Å². The minimum absolute atomic E-state index is 0.801. The van der Waals surface area contributed by atoms with Crippen molar-refractivity contribution in [2.24, 2.45) is 0 Å². The molecule has 0 amide bonds. The lowest BCUT2D eigenvalue weighted by Gasteiger charge is -2.25. The summed E-state index contributed by atoms with van der Waals surface area (Å²) < 4.78 is 5.31. The molecule has 1 aromatic heterocycles. The molecule has 0 saturated carbocycles. The molecule has 0 atom stereocenters. The quantitative estimate of drug-likeness (QED) is 0.812. The lowest BCUT2D eigenvalue weighted by molar-refractivity contribution is 0.0384. The van der Waals surface area contributed by atoms with Gasteiger partial charge in [0.05, 0.1) is 18.2 Å². The van der Waals surface area contributed by atoms with Crippen LogP contribution >= 0.6 is 24.0 Å². The van der Waals surface area contributed by atoms with Gasteiger partial charge in [0.15, 0.2) is 0 Å². The van der Waals surface area contributed by atoms with Gasteiger partial charge in [-0.3, -0.25) is 4.90 Å². The molecule has 1 aromatic rings. The zero-order valence-corrected chi connectivity index (χ0v) is 10.4. The Kier molecular flexibility index (Phi) is 4.43. The fourth-order valence-electron chi connectivity index (χ4n) is 1.62. The zero-order chi connectivity index (χ0) is 10.5. The molecule has 0 spiro atoms. The van der Waals surface area contributed by atoms with Gasteiger partial charge in [-0.2, -0.15) is 12.6 Å². The fraction of sp³-hybridized carbons (Fsp3) is 0.700. The number of ether oxygens (including phenoxy) is 1. The van der Waals surface area contributed by atoms with E-state index >= 15 is 0 Å². The van der Waals surface area contributed by atoms with Crippen LogP contribution in [0.1, 0.15) is 9.88 Å². The molecule has 1 aliphatic rings. The molecule has 0 bridgehead atoms. The summed E-state index contributed by atoms with van der Waals surface area (Å²) in [7, 11) is 0. The van der Waals surface area contributed by atoms with Gasteiger partial charge in [0.1, 0.15) is 0 Å². The van der Waals surface area contributed by atoms with Gasteiger partial charge in [-0.05, 0) is 0 Å². The lowest BCUT2D eigenvalue weighted by Crippen LogP contribution is -2.37. The summed E-state index contributed by atoms with van der Waals surface area (Å²) in [6, 6.07) is 0. The summed E-state index contributed by atoms with van der Waals surface area (Å²) in [6.45, 7) is 4.97. The average Bonchev–Trinajstić information content (AvgIpc) is 2.76. The molecule has 84 valence electrons. The predicted molar refractivity (Wildman–Crippen MR) is 65.8 cm³/mol. The molecule has 0 aromatic carbocycles. The van der Waals surface area contributed by atoms with Gasteiger partial charge in [-0.1, -0.05) is 0 Å². The third-order valence-electron chi connectivity index (χ3n) is 2.50. The Morgan fingerprint density at radius 2 is 2.27 bits per heavy atom. The number of hydrogen-bond donors (Lipinski definition) is 1. The molecule has 0 aliphatic carbocycles. The van der Waals surface area contributed by atoms with Crippen LogP contribution in [-0.4, -0.2) is 42.7 Å². The highest BCUT2D eigenvalue weighted by Crippen LogP contribution is 2.15. The number of thiazole rings is 1. The van der Waals surface area contributed by atoms with Gasteiger partial charge < -0.3 is 4.74 Å². The number of morpholine rings is 1. The molecule has 3 nitrogen and oxygen atoms in total. The third-order valence-corrected chi connectivity index (χ3v) is 4.11. The van der Waals surface area contributed by atoms with Gasteiger partial charge in [0.25, 0.3) is 0 Å². The van der Waals surface area contributed by atoms with Crippen molar-refractivity contribution >= 4 is 24.0 Å². The molecule has 1 fully saturated rings. The maximum atomic E-state index is 5.31. The summed E-state index contributed by atoms with van der Waals surface area (Å²) in [5, 5.41) is 1.23. The molecule has 5 heteroatoms. The molecule has 0 unspecified atom stereocenters. The molecular weight excluding hydrogens is 228 g/mol. The number of aromatic nitrogens is 1. The first kappa shape index (κ1) is 11.4. The average molecular weight is 244 g/mol. The molecule has 0 radical (unpaired) electrons. The van der Waals surface area contributed by atoms with Gasteiger partial charge in [0.2, 0.25) is 0 Å². The Morgan fingerprint density at radius 3 is 2.93 bits per heavy atom. The van der Waals surface area contributed by atoms with E-state index in [0.717, 1.165) is 45.0 Å². The van der Waals surface area contributed by atoms with E-state index in [1.807, 2.05) is 6.20 Å². The lowest BCUT2D eigenvalue weighted by atomic mass is 10.3. The van der Waals surface area contributed by atoms with Crippen LogP contribution in [0.2, 0.25) is 0 Å². The number of nitrogens with zero attached hydrogens (tertiary/aromatic N) is 2. The zero-order valence-electron chi connectivity index (χ0n) is 8.69. The number of hydrogen-bond acceptors (Lipinski definition) is 5. The second-order valence-corrected chi connectivity index (χ2v) is 5.10. The summed E-state index contributed by atoms with van der Waals surface area (Å²) in [6.07, 6.45) is 2.99. The smallest absolute Gasteiger partial charge is 0.0940 e. The van der Waals surface area contributed by atoms with Crippen molar-refractivity contribution in [3.05, 3.63) is 16.1 Å². The largest absolute Gasteiger partial charge is 0.379 e. The van der Waals surface area contributed by atoms with Crippen molar-refractivity contribution in [2.75, 3.05) is 32.8 Å². The maximum absolute atomic E-state index is 5.31. The SMILES string of the molecule is SCc1cnc(CCN2CCOCC2)s1. The van der Waals surface area contributed by atoms with Gasteiger partial charge in [-0.15, -0.1) is 11.3 Å². The van der Waals surface area contributed by atoms with Crippen molar-refractivity contribution in [2.45, 2.75) is 12.2 Å². The van der Waals surface area contributed by atoms with E-state index in [9.17, 15) is 0 Å². The first-order valence-electron chi connectivity index (χ1n) is 5.23. The topological polar surface area (TPSA) is 25.4 Å². The third kappa shape index (κ3) is 3.45. The standard InChI is InChI=1S/C10H16N2OS2/c14-8-9-7-11-10(15-9)1-2-12-3-5-13-6-4-12/h7,14H,1-6,8H2. The van der Waals surface area contributed by atoms with Gasteiger partial charge in [0, 0.05) is 42.9 Å². The summed E-state index contributed by atoms with van der Waals surface area (Å²) in [5.41, 5.74) is 0. The highest BCUT2D eigenvalue weighted by atomic mass is 32.1. The molecule has 0 N–H and O–H groups in total. The van der Waals surface area contributed by atoms with Crippen LogP contribution < -0.4 is 0 Å². The molecule has 15 heavy (non-hydrogen) atoms. The Balaban J connectivity index is 1.76. The van der Waals surface area contributed by atoms with Crippen LogP contribution in [0.5, 0.6) is 0 Å². The number of rotatable bonds is 4. The Bertz CT molecular complexity index is 297. The van der Waals surface area contributed by atoms with E-state index in [4.69, 9.17) is 4.74 Å². The summed E-state index contributed by atoms with van der Waals surface area (Å²) in [4.78, 5) is 8.08. The minimum atomic E-state index is 0.801. The highest BCUT2D eigenvalue weighted by molar-refractivity contribution is 7.79. The maximum Gasteiger partial charge on any atom is 0.0940 e. The summed E-state index contributed by atoms with van der Waals surface area (Å²) >= 11 is 6.01. The number of thiol groups is 1. The van der Waals surface area contributed by atoms with Crippen LogP contribution in [0.4, 0.5) is 0 Å². The van der Waals surface area contributed by atoms with E-state index in [2.05, 4.69) is 22.5 Å². The predicted octanol–water partition coefficient (Wildman–Crippen LogP) is 1.45. The second kappa shape index (κ2) is 5.84. The Morgan fingerprint density at radius 1 is 1.47 bits per heavy atom. The minimum Gasteiger partial charge on any atom is -0.379 e.